The Morgan fingerprint density at radius 2 is 1.71 bits per heavy atom. The Kier molecular flexibility index (Phi) is 5.26. The van der Waals surface area contributed by atoms with Crippen molar-refractivity contribution < 1.29 is 4.79 Å². The fourth-order valence-corrected chi connectivity index (χ4v) is 3.11. The summed E-state index contributed by atoms with van der Waals surface area (Å²) in [4.78, 5) is 35.8. The predicted molar refractivity (Wildman–Crippen MR) is 109 cm³/mol. The number of nitrogens with two attached hydrogens (primary N) is 1. The Morgan fingerprint density at radius 1 is 1.04 bits per heavy atom. The maximum Gasteiger partial charge on any atom is 0.253 e. The minimum absolute atomic E-state index is 0.161. The molecule has 2 aromatic heterocycles. The molecule has 7 heteroatoms. The highest BCUT2D eigenvalue weighted by Gasteiger charge is 2.15. The first kappa shape index (κ1) is 19.3. The molecule has 1 amide bonds. The summed E-state index contributed by atoms with van der Waals surface area (Å²) >= 11 is 0. The third-order valence-corrected chi connectivity index (χ3v) is 4.84. The summed E-state index contributed by atoms with van der Waals surface area (Å²) < 4.78 is 0. The zero-order valence-electron chi connectivity index (χ0n) is 16.4. The molecule has 0 unspecified atom stereocenters. The smallest absolute Gasteiger partial charge is 0.253 e. The number of pyridine rings is 1. The van der Waals surface area contributed by atoms with Crippen LogP contribution in [0.5, 0.6) is 0 Å². The summed E-state index contributed by atoms with van der Waals surface area (Å²) in [5, 5.41) is 2.86. The van der Waals surface area contributed by atoms with E-state index in [1.807, 2.05) is 39.8 Å². The molecular weight excluding hydrogens is 354 g/mol. The van der Waals surface area contributed by atoms with Gasteiger partial charge in [-0.25, -0.2) is 9.97 Å². The lowest BCUT2D eigenvalue weighted by atomic mass is 9.96. The fraction of sp³-hybridized carbons (Fsp3) is 0.238. The van der Waals surface area contributed by atoms with Gasteiger partial charge < -0.3 is 16.0 Å². The molecule has 0 bridgehead atoms. The summed E-state index contributed by atoms with van der Waals surface area (Å²) in [6, 6.07) is 5.68. The first-order valence-corrected chi connectivity index (χ1v) is 8.93. The van der Waals surface area contributed by atoms with Gasteiger partial charge in [0.25, 0.3) is 11.5 Å². The molecule has 7 nitrogen and oxygen atoms in total. The topological polar surface area (TPSA) is 114 Å². The van der Waals surface area contributed by atoms with Crippen LogP contribution in [-0.2, 0) is 6.54 Å². The zero-order chi connectivity index (χ0) is 20.4. The molecule has 28 heavy (non-hydrogen) atoms. The van der Waals surface area contributed by atoms with Gasteiger partial charge in [0.1, 0.15) is 0 Å². The van der Waals surface area contributed by atoms with Crippen LogP contribution >= 0.6 is 0 Å². The Hall–Kier alpha value is -3.48. The van der Waals surface area contributed by atoms with Crippen LogP contribution in [0.15, 0.2) is 35.4 Å². The highest BCUT2D eigenvalue weighted by molar-refractivity contribution is 5.97. The molecule has 0 saturated carbocycles. The lowest BCUT2D eigenvalue weighted by Gasteiger charge is -2.13. The van der Waals surface area contributed by atoms with Gasteiger partial charge in [0.2, 0.25) is 5.95 Å². The van der Waals surface area contributed by atoms with E-state index < -0.39 is 0 Å². The van der Waals surface area contributed by atoms with Crippen LogP contribution in [-0.4, -0.2) is 20.9 Å². The number of anilines is 1. The largest absolute Gasteiger partial charge is 0.368 e. The van der Waals surface area contributed by atoms with E-state index in [2.05, 4.69) is 20.3 Å². The van der Waals surface area contributed by atoms with Gasteiger partial charge in [-0.15, -0.1) is 0 Å². The van der Waals surface area contributed by atoms with E-state index >= 15 is 0 Å². The van der Waals surface area contributed by atoms with E-state index in [0.717, 1.165) is 33.5 Å². The molecule has 0 aliphatic rings. The number of benzene rings is 1. The first-order valence-electron chi connectivity index (χ1n) is 8.93. The van der Waals surface area contributed by atoms with Crippen LogP contribution in [0.4, 0.5) is 5.95 Å². The summed E-state index contributed by atoms with van der Waals surface area (Å²) in [6.45, 7) is 7.70. The molecule has 2 heterocycles. The molecular formula is C21H23N5O2. The maximum absolute atomic E-state index is 12.8. The van der Waals surface area contributed by atoms with E-state index in [4.69, 9.17) is 5.73 Å². The fourth-order valence-electron chi connectivity index (χ4n) is 3.11. The number of carbonyl (C=O) groups excluding carboxylic acids is 1. The molecule has 0 spiro atoms. The van der Waals surface area contributed by atoms with Gasteiger partial charge in [0, 0.05) is 41.3 Å². The van der Waals surface area contributed by atoms with Gasteiger partial charge in [-0.05, 0) is 62.1 Å². The van der Waals surface area contributed by atoms with E-state index in [1.54, 1.807) is 18.5 Å². The highest BCUT2D eigenvalue weighted by atomic mass is 16.1. The second-order valence-electron chi connectivity index (χ2n) is 6.92. The van der Waals surface area contributed by atoms with Gasteiger partial charge in [-0.2, -0.15) is 0 Å². The van der Waals surface area contributed by atoms with Crippen molar-refractivity contribution in [2.45, 2.75) is 34.2 Å². The molecule has 0 radical (unpaired) electrons. The molecule has 1 aromatic carbocycles. The van der Waals surface area contributed by atoms with Gasteiger partial charge in [-0.1, -0.05) is 6.07 Å². The summed E-state index contributed by atoms with van der Waals surface area (Å²) in [7, 11) is 0. The Labute approximate surface area is 163 Å². The molecule has 4 N–H and O–H groups in total. The van der Waals surface area contributed by atoms with E-state index in [1.165, 1.54) is 0 Å². The first-order chi connectivity index (χ1) is 13.3. The second kappa shape index (κ2) is 7.64. The van der Waals surface area contributed by atoms with Gasteiger partial charge in [0.15, 0.2) is 0 Å². The number of aromatic nitrogens is 3. The second-order valence-corrected chi connectivity index (χ2v) is 6.92. The molecule has 0 aliphatic carbocycles. The summed E-state index contributed by atoms with van der Waals surface area (Å²) in [5.74, 6) is -0.0394. The van der Waals surface area contributed by atoms with Crippen molar-refractivity contribution in [3.63, 3.8) is 0 Å². The van der Waals surface area contributed by atoms with Crippen molar-refractivity contribution in [1.29, 1.82) is 0 Å². The lowest BCUT2D eigenvalue weighted by molar-refractivity contribution is 0.0950. The van der Waals surface area contributed by atoms with Gasteiger partial charge >= 0.3 is 0 Å². The number of aromatic amines is 1. The minimum Gasteiger partial charge on any atom is -0.368 e. The quantitative estimate of drug-likeness (QED) is 0.647. The van der Waals surface area contributed by atoms with Crippen LogP contribution in [0.2, 0.25) is 0 Å². The molecule has 3 aromatic rings. The van der Waals surface area contributed by atoms with Crippen molar-refractivity contribution in [2.75, 3.05) is 5.73 Å². The molecule has 0 atom stereocenters. The number of rotatable bonds is 4. The van der Waals surface area contributed by atoms with Crippen LogP contribution < -0.4 is 16.6 Å². The maximum atomic E-state index is 12.8. The van der Waals surface area contributed by atoms with Gasteiger partial charge in [0.05, 0.1) is 0 Å². The number of nitrogens with one attached hydrogen (secondary N) is 2. The lowest BCUT2D eigenvalue weighted by Crippen LogP contribution is -2.28. The van der Waals surface area contributed by atoms with Crippen molar-refractivity contribution >= 4 is 11.9 Å². The SMILES string of the molecule is Cc1cc(C)c(CNC(=O)c2cc(-c3cnc(N)nc3)cc(C)c2C)c(=O)[nH]1. The van der Waals surface area contributed by atoms with Crippen LogP contribution in [0.1, 0.15) is 38.3 Å². The third kappa shape index (κ3) is 3.93. The van der Waals surface area contributed by atoms with Crippen molar-refractivity contribution in [2.24, 2.45) is 0 Å². The Bertz CT molecular complexity index is 1100. The van der Waals surface area contributed by atoms with E-state index in [-0.39, 0.29) is 24.0 Å². The summed E-state index contributed by atoms with van der Waals surface area (Å²) in [6.07, 6.45) is 3.26. The van der Waals surface area contributed by atoms with Crippen molar-refractivity contribution in [3.05, 3.63) is 74.5 Å². The monoisotopic (exact) mass is 377 g/mol. The molecule has 0 fully saturated rings. The van der Waals surface area contributed by atoms with Gasteiger partial charge in [-0.3, -0.25) is 9.59 Å². The highest BCUT2D eigenvalue weighted by Crippen LogP contribution is 2.24. The summed E-state index contributed by atoms with van der Waals surface area (Å²) in [5.41, 5.74) is 11.6. The van der Waals surface area contributed by atoms with E-state index in [0.29, 0.717) is 11.1 Å². The minimum atomic E-state index is -0.238. The number of aryl methyl sites for hydroxylation is 3. The molecule has 0 saturated heterocycles. The average molecular weight is 377 g/mol. The predicted octanol–water partition coefficient (Wildman–Crippen LogP) is 2.58. The van der Waals surface area contributed by atoms with E-state index in [9.17, 15) is 9.59 Å². The number of carbonyl (C=O) groups is 1. The average Bonchev–Trinajstić information content (AvgIpc) is 2.63. The Balaban J connectivity index is 1.89. The molecule has 144 valence electrons. The van der Waals surface area contributed by atoms with Crippen LogP contribution in [0.25, 0.3) is 11.1 Å². The van der Waals surface area contributed by atoms with Crippen molar-refractivity contribution in [1.82, 2.24) is 20.3 Å². The Morgan fingerprint density at radius 3 is 2.36 bits per heavy atom. The number of hydrogen-bond acceptors (Lipinski definition) is 5. The number of hydrogen-bond donors (Lipinski definition) is 3. The normalized spacial score (nSPS) is 10.7. The third-order valence-electron chi connectivity index (χ3n) is 4.84. The number of nitrogen functional groups attached to an aromatic ring is 1. The molecule has 0 aliphatic heterocycles. The van der Waals surface area contributed by atoms with Crippen LogP contribution in [0, 0.1) is 27.7 Å². The number of nitrogens with zero attached hydrogens (tertiary/aromatic N) is 2. The standard InChI is InChI=1S/C21H23N5O2/c1-11-6-15(16-8-24-21(22)25-9-16)7-17(14(11)4)19(27)23-10-18-12(2)5-13(3)26-20(18)28/h5-9H,10H2,1-4H3,(H,23,27)(H,26,28)(H2,22,24,25). The number of H-pyrrole nitrogens is 1. The van der Waals surface area contributed by atoms with Crippen molar-refractivity contribution in [3.8, 4) is 11.1 Å². The number of amides is 1. The zero-order valence-corrected chi connectivity index (χ0v) is 16.4. The molecule has 3 rings (SSSR count). The van der Waals surface area contributed by atoms with Crippen LogP contribution in [0.3, 0.4) is 0 Å².